The molecular formula is C18H13FN4O3S. The lowest BCUT2D eigenvalue weighted by molar-refractivity contribution is 0.458. The Hall–Kier alpha value is -3.51. The Labute approximate surface area is 155 Å². The second-order valence-electron chi connectivity index (χ2n) is 5.32. The van der Waals surface area contributed by atoms with Crippen molar-refractivity contribution in [3.05, 3.63) is 72.4 Å². The highest BCUT2D eigenvalue weighted by Gasteiger charge is 2.24. The van der Waals surface area contributed by atoms with Gasteiger partial charge in [0.15, 0.2) is 0 Å². The summed E-state index contributed by atoms with van der Waals surface area (Å²) < 4.78 is 45.6. The molecule has 1 heterocycles. The molecule has 0 bridgehead atoms. The molecule has 27 heavy (non-hydrogen) atoms. The van der Waals surface area contributed by atoms with Gasteiger partial charge in [0.2, 0.25) is 5.69 Å². The van der Waals surface area contributed by atoms with Gasteiger partial charge in [-0.2, -0.15) is 5.26 Å². The van der Waals surface area contributed by atoms with Crippen LogP contribution in [0.4, 0.5) is 10.1 Å². The first-order valence-corrected chi connectivity index (χ1v) is 9.10. The van der Waals surface area contributed by atoms with E-state index in [1.54, 1.807) is 0 Å². The number of ether oxygens (including phenoxy) is 1. The van der Waals surface area contributed by atoms with Crippen molar-refractivity contribution in [2.24, 2.45) is 0 Å². The summed E-state index contributed by atoms with van der Waals surface area (Å²) in [6, 6.07) is 13.0. The van der Waals surface area contributed by atoms with Crippen LogP contribution in [0.5, 0.6) is 11.6 Å². The van der Waals surface area contributed by atoms with E-state index in [-0.39, 0.29) is 11.6 Å². The Balaban J connectivity index is 1.85. The number of hydrogen-bond acceptors (Lipinski definition) is 6. The third kappa shape index (κ3) is 3.70. The summed E-state index contributed by atoms with van der Waals surface area (Å²) in [4.78, 5) is 7.37. The van der Waals surface area contributed by atoms with Gasteiger partial charge in [-0.15, -0.1) is 0 Å². The van der Waals surface area contributed by atoms with Crippen LogP contribution in [-0.2, 0) is 10.0 Å². The van der Waals surface area contributed by atoms with Crippen LogP contribution in [0.1, 0.15) is 5.69 Å². The molecule has 0 N–H and O–H groups in total. The van der Waals surface area contributed by atoms with E-state index in [1.165, 1.54) is 61.9 Å². The Bertz CT molecular complexity index is 1110. The Kier molecular flexibility index (Phi) is 5.00. The summed E-state index contributed by atoms with van der Waals surface area (Å²) in [6.07, 6.45) is 2.76. The van der Waals surface area contributed by atoms with Crippen LogP contribution in [0.25, 0.3) is 0 Å². The van der Waals surface area contributed by atoms with E-state index in [0.29, 0.717) is 11.4 Å². The third-order valence-electron chi connectivity index (χ3n) is 3.66. The van der Waals surface area contributed by atoms with E-state index < -0.39 is 20.7 Å². The highest BCUT2D eigenvalue weighted by molar-refractivity contribution is 7.92. The van der Waals surface area contributed by atoms with E-state index in [1.807, 2.05) is 6.07 Å². The van der Waals surface area contributed by atoms with Crippen LogP contribution >= 0.6 is 0 Å². The van der Waals surface area contributed by atoms with Crippen LogP contribution in [0.3, 0.4) is 0 Å². The van der Waals surface area contributed by atoms with Crippen LogP contribution < -0.4 is 9.04 Å². The van der Waals surface area contributed by atoms with Crippen LogP contribution in [0.15, 0.2) is 65.8 Å². The van der Waals surface area contributed by atoms with Gasteiger partial charge < -0.3 is 4.74 Å². The van der Waals surface area contributed by atoms with E-state index in [0.717, 1.165) is 10.4 Å². The van der Waals surface area contributed by atoms with Gasteiger partial charge in [0.05, 0.1) is 5.69 Å². The second-order valence-corrected chi connectivity index (χ2v) is 7.26. The van der Waals surface area contributed by atoms with Crippen molar-refractivity contribution in [1.82, 2.24) is 9.97 Å². The molecule has 0 spiro atoms. The predicted octanol–water partition coefficient (Wildman–Crippen LogP) is 3.10. The van der Waals surface area contributed by atoms with Crippen molar-refractivity contribution >= 4 is 15.7 Å². The van der Waals surface area contributed by atoms with Crippen molar-refractivity contribution < 1.29 is 17.5 Å². The molecule has 0 atom stereocenters. The third-order valence-corrected chi connectivity index (χ3v) is 5.48. The summed E-state index contributed by atoms with van der Waals surface area (Å²) in [7, 11) is -2.73. The molecule has 2 aromatic carbocycles. The molecule has 9 heteroatoms. The lowest BCUT2D eigenvalue weighted by atomic mass is 10.3. The zero-order valence-corrected chi connectivity index (χ0v) is 14.9. The lowest BCUT2D eigenvalue weighted by Gasteiger charge is -2.20. The van der Waals surface area contributed by atoms with Crippen molar-refractivity contribution in [2.45, 2.75) is 4.90 Å². The monoisotopic (exact) mass is 384 g/mol. The van der Waals surface area contributed by atoms with Crippen molar-refractivity contribution in [3.8, 4) is 17.7 Å². The van der Waals surface area contributed by atoms with E-state index >= 15 is 0 Å². The molecule has 136 valence electrons. The number of anilines is 1. The fourth-order valence-corrected chi connectivity index (χ4v) is 3.51. The number of nitrogens with zero attached hydrogens (tertiary/aromatic N) is 4. The molecule has 0 aliphatic heterocycles. The molecule has 0 saturated heterocycles. The maximum Gasteiger partial charge on any atom is 0.266 e. The standard InChI is InChI=1S/C18H13FN4O3S/c1-23(27(24,25)17-5-3-2-4-15(17)19)13-6-8-14(9-7-13)26-18-16(12-20)21-10-11-22-18/h2-11H,1H3. The first-order valence-electron chi connectivity index (χ1n) is 7.66. The van der Waals surface area contributed by atoms with E-state index in [9.17, 15) is 12.8 Å². The van der Waals surface area contributed by atoms with Gasteiger partial charge in [0, 0.05) is 19.4 Å². The highest BCUT2D eigenvalue weighted by atomic mass is 32.2. The van der Waals surface area contributed by atoms with Gasteiger partial charge >= 0.3 is 0 Å². The number of halogens is 1. The Morgan fingerprint density at radius 3 is 2.41 bits per heavy atom. The topological polar surface area (TPSA) is 96.2 Å². The smallest absolute Gasteiger partial charge is 0.266 e. The first kappa shape index (κ1) is 18.3. The zero-order valence-electron chi connectivity index (χ0n) is 14.1. The van der Waals surface area contributed by atoms with Crippen molar-refractivity contribution in [1.29, 1.82) is 5.26 Å². The molecule has 0 aliphatic carbocycles. The van der Waals surface area contributed by atoms with Gasteiger partial charge in [0.1, 0.15) is 22.5 Å². The van der Waals surface area contributed by atoms with E-state index in [2.05, 4.69) is 9.97 Å². The van der Waals surface area contributed by atoms with Gasteiger partial charge in [0.25, 0.3) is 15.9 Å². The number of rotatable bonds is 5. The molecule has 0 saturated carbocycles. The molecular weight excluding hydrogens is 371 g/mol. The van der Waals surface area contributed by atoms with Gasteiger partial charge in [-0.3, -0.25) is 4.31 Å². The Morgan fingerprint density at radius 2 is 1.74 bits per heavy atom. The zero-order chi connectivity index (χ0) is 19.4. The maximum atomic E-state index is 13.9. The predicted molar refractivity (Wildman–Crippen MR) is 95.3 cm³/mol. The molecule has 7 nitrogen and oxygen atoms in total. The molecule has 0 radical (unpaired) electrons. The molecule has 0 fully saturated rings. The average molecular weight is 384 g/mol. The maximum absolute atomic E-state index is 13.9. The van der Waals surface area contributed by atoms with Gasteiger partial charge in [-0.05, 0) is 36.4 Å². The van der Waals surface area contributed by atoms with Gasteiger partial charge in [-0.25, -0.2) is 22.8 Å². The van der Waals surface area contributed by atoms with Crippen molar-refractivity contribution in [2.75, 3.05) is 11.4 Å². The molecule has 0 amide bonds. The number of benzene rings is 2. The second kappa shape index (κ2) is 7.39. The average Bonchev–Trinajstić information content (AvgIpc) is 2.68. The Morgan fingerprint density at radius 1 is 1.07 bits per heavy atom. The van der Waals surface area contributed by atoms with E-state index in [4.69, 9.17) is 10.00 Å². The minimum absolute atomic E-state index is 0.0285. The number of aromatic nitrogens is 2. The molecule has 0 aliphatic rings. The SMILES string of the molecule is CN(c1ccc(Oc2nccnc2C#N)cc1)S(=O)(=O)c1ccccc1F. The van der Waals surface area contributed by atoms with Gasteiger partial charge in [-0.1, -0.05) is 12.1 Å². The minimum atomic E-state index is -4.05. The summed E-state index contributed by atoms with van der Waals surface area (Å²) in [5, 5.41) is 9.00. The minimum Gasteiger partial charge on any atom is -0.436 e. The summed E-state index contributed by atoms with van der Waals surface area (Å²) in [5.74, 6) is -0.441. The quantitative estimate of drug-likeness (QED) is 0.671. The summed E-state index contributed by atoms with van der Waals surface area (Å²) in [6.45, 7) is 0. The fraction of sp³-hybridized carbons (Fsp3) is 0.0556. The largest absolute Gasteiger partial charge is 0.436 e. The molecule has 0 unspecified atom stereocenters. The highest BCUT2D eigenvalue weighted by Crippen LogP contribution is 2.27. The fourth-order valence-electron chi connectivity index (χ4n) is 2.25. The van der Waals surface area contributed by atoms with Crippen LogP contribution in [0, 0.1) is 17.1 Å². The van der Waals surface area contributed by atoms with Crippen molar-refractivity contribution in [3.63, 3.8) is 0 Å². The normalized spacial score (nSPS) is 10.9. The number of nitriles is 1. The molecule has 3 rings (SSSR count). The lowest BCUT2D eigenvalue weighted by Crippen LogP contribution is -2.27. The summed E-state index contributed by atoms with van der Waals surface area (Å²) >= 11 is 0. The number of hydrogen-bond donors (Lipinski definition) is 0. The summed E-state index contributed by atoms with van der Waals surface area (Å²) in [5.41, 5.74) is 0.339. The van der Waals surface area contributed by atoms with Crippen LogP contribution in [0.2, 0.25) is 0 Å². The van der Waals surface area contributed by atoms with Crippen LogP contribution in [-0.4, -0.2) is 25.4 Å². The first-order chi connectivity index (χ1) is 12.9. The molecule has 3 aromatic rings. The number of sulfonamides is 1. The molecule has 1 aromatic heterocycles.